The highest BCUT2D eigenvalue weighted by Crippen LogP contribution is 2.32. The lowest BCUT2D eigenvalue weighted by molar-refractivity contribution is 0.266. The molecule has 2 aromatic rings. The quantitative estimate of drug-likeness (QED) is 0.462. The molecule has 26 heavy (non-hydrogen) atoms. The molecule has 142 valence electrons. The summed E-state index contributed by atoms with van der Waals surface area (Å²) in [5, 5.41) is 4.26. The van der Waals surface area contributed by atoms with Crippen LogP contribution in [0.2, 0.25) is 5.02 Å². The molecule has 1 N–H and O–H groups in total. The molecule has 0 heterocycles. The molecule has 0 aliphatic rings. The van der Waals surface area contributed by atoms with Crippen LogP contribution in [-0.4, -0.2) is 13.2 Å². The van der Waals surface area contributed by atoms with Crippen molar-refractivity contribution < 1.29 is 9.47 Å². The van der Waals surface area contributed by atoms with Gasteiger partial charge in [0.25, 0.3) is 0 Å². The minimum Gasteiger partial charge on any atom is -0.490 e. The first-order valence-corrected chi connectivity index (χ1v) is 9.95. The standard InChI is InChI=1S/C22H30ClNO2/c1-3-5-6-7-15-24-16-19-9-8-10-21(25-4-2)22(19)26-17-18-11-13-20(23)14-12-18/h8-14,24H,3-7,15-17H2,1-2H3. The van der Waals surface area contributed by atoms with Crippen LogP contribution in [0.4, 0.5) is 0 Å². The van der Waals surface area contributed by atoms with Gasteiger partial charge in [-0.2, -0.15) is 0 Å². The van der Waals surface area contributed by atoms with E-state index >= 15 is 0 Å². The van der Waals surface area contributed by atoms with Gasteiger partial charge < -0.3 is 14.8 Å². The third kappa shape index (κ3) is 6.89. The number of rotatable bonds is 12. The van der Waals surface area contributed by atoms with E-state index in [1.54, 1.807) is 0 Å². The summed E-state index contributed by atoms with van der Waals surface area (Å²) < 4.78 is 11.9. The van der Waals surface area contributed by atoms with Crippen LogP contribution in [0.1, 0.15) is 50.7 Å². The summed E-state index contributed by atoms with van der Waals surface area (Å²) in [6.45, 7) is 7.13. The second-order valence-electron chi connectivity index (χ2n) is 6.33. The van der Waals surface area contributed by atoms with Crippen molar-refractivity contribution in [3.05, 3.63) is 58.6 Å². The molecule has 0 saturated heterocycles. The monoisotopic (exact) mass is 375 g/mol. The van der Waals surface area contributed by atoms with Crippen LogP contribution in [0.5, 0.6) is 11.5 Å². The minimum atomic E-state index is 0.491. The number of nitrogens with one attached hydrogen (secondary N) is 1. The third-order valence-corrected chi connectivity index (χ3v) is 4.43. The number of unbranched alkanes of at least 4 members (excludes halogenated alkanes) is 3. The highest BCUT2D eigenvalue weighted by molar-refractivity contribution is 6.30. The van der Waals surface area contributed by atoms with Crippen LogP contribution in [0, 0.1) is 0 Å². The van der Waals surface area contributed by atoms with Gasteiger partial charge in [0.1, 0.15) is 6.61 Å². The Morgan fingerprint density at radius 3 is 2.46 bits per heavy atom. The Balaban J connectivity index is 1.99. The highest BCUT2D eigenvalue weighted by atomic mass is 35.5. The lowest BCUT2D eigenvalue weighted by Gasteiger charge is -2.16. The molecule has 0 spiro atoms. The fourth-order valence-corrected chi connectivity index (χ4v) is 2.90. The molecule has 0 aliphatic carbocycles. The molecule has 0 aromatic heterocycles. The van der Waals surface area contributed by atoms with Crippen molar-refractivity contribution in [1.82, 2.24) is 5.32 Å². The van der Waals surface area contributed by atoms with E-state index in [0.717, 1.165) is 40.7 Å². The molecule has 0 bridgehead atoms. The molecule has 0 saturated carbocycles. The lowest BCUT2D eigenvalue weighted by Crippen LogP contribution is -2.16. The molecule has 0 amide bonds. The van der Waals surface area contributed by atoms with Gasteiger partial charge in [-0.25, -0.2) is 0 Å². The number of halogens is 1. The van der Waals surface area contributed by atoms with E-state index in [1.165, 1.54) is 25.7 Å². The molecule has 2 rings (SSSR count). The van der Waals surface area contributed by atoms with Gasteiger partial charge in [-0.05, 0) is 43.7 Å². The Labute approximate surface area is 162 Å². The van der Waals surface area contributed by atoms with Crippen LogP contribution in [0.3, 0.4) is 0 Å². The van der Waals surface area contributed by atoms with Crippen molar-refractivity contribution in [2.75, 3.05) is 13.2 Å². The van der Waals surface area contributed by atoms with Crippen molar-refractivity contribution >= 4 is 11.6 Å². The highest BCUT2D eigenvalue weighted by Gasteiger charge is 2.11. The number of para-hydroxylation sites is 1. The topological polar surface area (TPSA) is 30.5 Å². The molecule has 0 radical (unpaired) electrons. The molecule has 0 atom stereocenters. The van der Waals surface area contributed by atoms with Crippen molar-refractivity contribution in [2.45, 2.75) is 52.7 Å². The zero-order valence-electron chi connectivity index (χ0n) is 15.9. The SMILES string of the molecule is CCCCCCNCc1cccc(OCC)c1OCc1ccc(Cl)cc1. The number of benzene rings is 2. The van der Waals surface area contributed by atoms with Gasteiger partial charge in [0.15, 0.2) is 11.5 Å². The van der Waals surface area contributed by atoms with Crippen molar-refractivity contribution in [2.24, 2.45) is 0 Å². The molecular weight excluding hydrogens is 346 g/mol. The summed E-state index contributed by atoms with van der Waals surface area (Å²) in [7, 11) is 0. The lowest BCUT2D eigenvalue weighted by atomic mass is 10.1. The second kappa shape index (κ2) is 11.8. The maximum atomic E-state index is 6.13. The maximum Gasteiger partial charge on any atom is 0.166 e. The van der Waals surface area contributed by atoms with Crippen LogP contribution in [0.15, 0.2) is 42.5 Å². The Morgan fingerprint density at radius 2 is 1.73 bits per heavy atom. The molecule has 0 aliphatic heterocycles. The predicted octanol–water partition coefficient (Wildman–Crippen LogP) is 5.99. The van der Waals surface area contributed by atoms with Crippen LogP contribution < -0.4 is 14.8 Å². The number of hydrogen-bond donors (Lipinski definition) is 1. The third-order valence-electron chi connectivity index (χ3n) is 4.18. The maximum absolute atomic E-state index is 6.13. The first kappa shape index (κ1) is 20.6. The zero-order valence-corrected chi connectivity index (χ0v) is 16.6. The fraction of sp³-hybridized carbons (Fsp3) is 0.455. The second-order valence-corrected chi connectivity index (χ2v) is 6.77. The van der Waals surface area contributed by atoms with E-state index in [-0.39, 0.29) is 0 Å². The van der Waals surface area contributed by atoms with Crippen LogP contribution in [-0.2, 0) is 13.2 Å². The van der Waals surface area contributed by atoms with Crippen molar-refractivity contribution in [3.63, 3.8) is 0 Å². The summed E-state index contributed by atoms with van der Waals surface area (Å²) in [5.41, 5.74) is 2.21. The molecule has 0 unspecified atom stereocenters. The van der Waals surface area contributed by atoms with E-state index in [0.29, 0.717) is 13.2 Å². The van der Waals surface area contributed by atoms with Gasteiger partial charge in [0.05, 0.1) is 6.61 Å². The average molecular weight is 376 g/mol. The van der Waals surface area contributed by atoms with Crippen molar-refractivity contribution in [3.8, 4) is 11.5 Å². The first-order chi connectivity index (χ1) is 12.7. The predicted molar refractivity (Wildman–Crippen MR) is 109 cm³/mol. The largest absolute Gasteiger partial charge is 0.490 e. The van der Waals surface area contributed by atoms with Gasteiger partial charge in [-0.1, -0.05) is 62.1 Å². The summed E-state index contributed by atoms with van der Waals surface area (Å²) in [4.78, 5) is 0. The number of hydrogen-bond acceptors (Lipinski definition) is 3. The molecule has 0 fully saturated rings. The number of ether oxygens (including phenoxy) is 2. The Kier molecular flexibility index (Phi) is 9.36. The normalized spacial score (nSPS) is 10.7. The van der Waals surface area contributed by atoms with Crippen LogP contribution >= 0.6 is 11.6 Å². The van der Waals surface area contributed by atoms with E-state index in [4.69, 9.17) is 21.1 Å². The summed E-state index contributed by atoms with van der Waals surface area (Å²) >= 11 is 5.95. The van der Waals surface area contributed by atoms with E-state index < -0.39 is 0 Å². The average Bonchev–Trinajstić information content (AvgIpc) is 2.65. The van der Waals surface area contributed by atoms with Gasteiger partial charge in [-0.3, -0.25) is 0 Å². The van der Waals surface area contributed by atoms with E-state index in [2.05, 4.69) is 18.3 Å². The zero-order chi connectivity index (χ0) is 18.6. The molecule has 4 heteroatoms. The Hall–Kier alpha value is -1.71. The van der Waals surface area contributed by atoms with E-state index in [9.17, 15) is 0 Å². The van der Waals surface area contributed by atoms with E-state index in [1.807, 2.05) is 43.3 Å². The Morgan fingerprint density at radius 1 is 0.923 bits per heavy atom. The van der Waals surface area contributed by atoms with Crippen molar-refractivity contribution in [1.29, 1.82) is 0 Å². The van der Waals surface area contributed by atoms with Gasteiger partial charge in [0.2, 0.25) is 0 Å². The molecule has 2 aromatic carbocycles. The van der Waals surface area contributed by atoms with Crippen LogP contribution in [0.25, 0.3) is 0 Å². The first-order valence-electron chi connectivity index (χ1n) is 9.57. The van der Waals surface area contributed by atoms with Gasteiger partial charge in [0, 0.05) is 17.1 Å². The minimum absolute atomic E-state index is 0.491. The summed E-state index contributed by atoms with van der Waals surface area (Å²) in [5.74, 6) is 1.62. The summed E-state index contributed by atoms with van der Waals surface area (Å²) in [6, 6.07) is 13.8. The Bertz CT molecular complexity index is 643. The molecular formula is C22H30ClNO2. The van der Waals surface area contributed by atoms with Gasteiger partial charge in [-0.15, -0.1) is 0 Å². The fourth-order valence-electron chi connectivity index (χ4n) is 2.77. The smallest absolute Gasteiger partial charge is 0.166 e. The summed E-state index contributed by atoms with van der Waals surface area (Å²) in [6.07, 6.45) is 5.05. The van der Waals surface area contributed by atoms with Gasteiger partial charge >= 0.3 is 0 Å². The molecule has 3 nitrogen and oxygen atoms in total.